The topological polar surface area (TPSA) is 38.0 Å². The number of nitrogens with two attached hydrogens (primary N) is 1. The van der Waals surface area contributed by atoms with Crippen LogP contribution in [0.3, 0.4) is 0 Å². The van der Waals surface area contributed by atoms with Gasteiger partial charge >= 0.3 is 0 Å². The molecule has 0 aliphatic rings. The average Bonchev–Trinajstić information content (AvgIpc) is 2.47. The molecule has 7 heteroatoms. The molecule has 21 heavy (non-hydrogen) atoms. The second-order valence-corrected chi connectivity index (χ2v) is 6.03. The summed E-state index contributed by atoms with van der Waals surface area (Å²) in [5, 5.41) is 0.655. The van der Waals surface area contributed by atoms with Crippen molar-refractivity contribution in [2.24, 2.45) is 5.84 Å². The fraction of sp³-hybridized carbons (Fsp3) is 0.143. The van der Waals surface area contributed by atoms with E-state index in [1.54, 1.807) is 18.2 Å². The van der Waals surface area contributed by atoms with Gasteiger partial charge in [-0.25, -0.2) is 8.78 Å². The van der Waals surface area contributed by atoms with E-state index in [1.807, 2.05) is 0 Å². The summed E-state index contributed by atoms with van der Waals surface area (Å²) in [6.45, 7) is 0. The van der Waals surface area contributed by atoms with Gasteiger partial charge in [0.05, 0.1) is 20.6 Å². The van der Waals surface area contributed by atoms with Gasteiger partial charge in [0.25, 0.3) is 0 Å². The minimum Gasteiger partial charge on any atom is -0.271 e. The Morgan fingerprint density at radius 3 is 2.57 bits per heavy atom. The number of hydrogen-bond acceptors (Lipinski definition) is 2. The highest BCUT2D eigenvalue weighted by Gasteiger charge is 2.21. The van der Waals surface area contributed by atoms with Crippen molar-refractivity contribution in [3.05, 3.63) is 67.6 Å². The molecule has 2 aromatic carbocycles. The van der Waals surface area contributed by atoms with Crippen molar-refractivity contribution in [2.75, 3.05) is 0 Å². The molecule has 0 bridgehead atoms. The molecule has 2 rings (SSSR count). The van der Waals surface area contributed by atoms with Crippen LogP contribution in [-0.4, -0.2) is 0 Å². The first-order valence-electron chi connectivity index (χ1n) is 5.98. The summed E-state index contributed by atoms with van der Waals surface area (Å²) in [5.74, 6) is 4.20. The second-order valence-electron chi connectivity index (χ2n) is 4.39. The standard InChI is InChI=1S/C14H11BrCl2F2N2/c15-9-4-5-11(18)8(14(9)19)6-12(21-20)7-2-1-3-10(16)13(7)17/h1-5,12,21H,6,20H2. The third-order valence-corrected chi connectivity index (χ3v) is 4.55. The van der Waals surface area contributed by atoms with Gasteiger partial charge in [-0.3, -0.25) is 11.3 Å². The summed E-state index contributed by atoms with van der Waals surface area (Å²) in [4.78, 5) is 0. The Labute approximate surface area is 139 Å². The van der Waals surface area contributed by atoms with Crippen LogP contribution in [0.25, 0.3) is 0 Å². The number of hydrazine groups is 1. The van der Waals surface area contributed by atoms with Gasteiger partial charge in [0.2, 0.25) is 0 Å². The molecule has 0 aliphatic heterocycles. The van der Waals surface area contributed by atoms with E-state index in [2.05, 4.69) is 21.4 Å². The molecule has 112 valence electrons. The van der Waals surface area contributed by atoms with E-state index >= 15 is 0 Å². The van der Waals surface area contributed by atoms with Crippen LogP contribution >= 0.6 is 39.1 Å². The summed E-state index contributed by atoms with van der Waals surface area (Å²) >= 11 is 15.1. The molecule has 2 aromatic rings. The van der Waals surface area contributed by atoms with Gasteiger partial charge in [0.1, 0.15) is 11.6 Å². The van der Waals surface area contributed by atoms with Crippen LogP contribution in [0.1, 0.15) is 17.2 Å². The monoisotopic (exact) mass is 394 g/mol. The van der Waals surface area contributed by atoms with Crippen LogP contribution < -0.4 is 11.3 Å². The fourth-order valence-electron chi connectivity index (χ4n) is 2.01. The number of hydrogen-bond donors (Lipinski definition) is 2. The number of halogens is 5. The number of rotatable bonds is 4. The summed E-state index contributed by atoms with van der Waals surface area (Å²) < 4.78 is 28.1. The lowest BCUT2D eigenvalue weighted by Gasteiger charge is -2.19. The second kappa shape index (κ2) is 7.03. The largest absolute Gasteiger partial charge is 0.271 e. The van der Waals surface area contributed by atoms with Crippen LogP contribution in [0.15, 0.2) is 34.8 Å². The van der Waals surface area contributed by atoms with Gasteiger partial charge in [0.15, 0.2) is 0 Å². The Bertz CT molecular complexity index is 668. The lowest BCUT2D eigenvalue weighted by molar-refractivity contribution is 0.498. The van der Waals surface area contributed by atoms with Crippen LogP contribution in [0.2, 0.25) is 10.0 Å². The fourth-order valence-corrected chi connectivity index (χ4v) is 2.82. The molecule has 0 saturated carbocycles. The summed E-state index contributed by atoms with van der Waals surface area (Å²) in [7, 11) is 0. The highest BCUT2D eigenvalue weighted by Crippen LogP contribution is 2.32. The first kappa shape index (κ1) is 16.6. The predicted molar refractivity (Wildman–Crippen MR) is 84.3 cm³/mol. The van der Waals surface area contributed by atoms with Crippen molar-refractivity contribution >= 4 is 39.1 Å². The Balaban J connectivity index is 2.41. The van der Waals surface area contributed by atoms with E-state index in [9.17, 15) is 8.78 Å². The molecular formula is C14H11BrCl2F2N2. The van der Waals surface area contributed by atoms with Crippen molar-refractivity contribution in [3.63, 3.8) is 0 Å². The van der Waals surface area contributed by atoms with Gasteiger partial charge in [-0.1, -0.05) is 35.3 Å². The number of benzene rings is 2. The predicted octanol–water partition coefficient (Wildman–Crippen LogP) is 4.78. The Kier molecular flexibility index (Phi) is 5.57. The van der Waals surface area contributed by atoms with Gasteiger partial charge in [-0.05, 0) is 46.1 Å². The van der Waals surface area contributed by atoms with Crippen LogP contribution in [0.5, 0.6) is 0 Å². The molecular weight excluding hydrogens is 385 g/mol. The maximum absolute atomic E-state index is 14.0. The van der Waals surface area contributed by atoms with Crippen LogP contribution in [-0.2, 0) is 6.42 Å². The molecule has 0 radical (unpaired) electrons. The average molecular weight is 396 g/mol. The van der Waals surface area contributed by atoms with E-state index in [0.717, 1.165) is 0 Å². The quantitative estimate of drug-likeness (QED) is 0.444. The third kappa shape index (κ3) is 3.55. The van der Waals surface area contributed by atoms with Gasteiger partial charge in [-0.2, -0.15) is 0 Å². The van der Waals surface area contributed by atoms with E-state index in [1.165, 1.54) is 12.1 Å². The molecule has 0 saturated heterocycles. The molecule has 1 unspecified atom stereocenters. The SMILES string of the molecule is NNC(Cc1c(F)ccc(Br)c1F)c1cccc(Cl)c1Cl. The highest BCUT2D eigenvalue weighted by atomic mass is 79.9. The Morgan fingerprint density at radius 2 is 1.90 bits per heavy atom. The van der Waals surface area contributed by atoms with Gasteiger partial charge < -0.3 is 0 Å². The Hall–Kier alpha value is -0.720. The zero-order valence-corrected chi connectivity index (χ0v) is 13.7. The lowest BCUT2D eigenvalue weighted by atomic mass is 9.98. The van der Waals surface area contributed by atoms with Crippen molar-refractivity contribution in [3.8, 4) is 0 Å². The van der Waals surface area contributed by atoms with Crippen LogP contribution in [0, 0.1) is 11.6 Å². The summed E-state index contributed by atoms with van der Waals surface area (Å²) in [6.07, 6.45) is -0.00628. The zero-order valence-electron chi connectivity index (χ0n) is 10.6. The van der Waals surface area contributed by atoms with E-state index in [-0.39, 0.29) is 16.5 Å². The molecule has 0 amide bonds. The van der Waals surface area contributed by atoms with E-state index in [0.29, 0.717) is 15.6 Å². The summed E-state index contributed by atoms with van der Waals surface area (Å²) in [6, 6.07) is 6.95. The maximum Gasteiger partial charge on any atom is 0.143 e. The maximum atomic E-state index is 14.0. The first-order valence-corrected chi connectivity index (χ1v) is 7.53. The van der Waals surface area contributed by atoms with Gasteiger partial charge in [0, 0.05) is 5.56 Å². The normalized spacial score (nSPS) is 12.5. The molecule has 0 aromatic heterocycles. The highest BCUT2D eigenvalue weighted by molar-refractivity contribution is 9.10. The van der Waals surface area contributed by atoms with E-state index < -0.39 is 17.7 Å². The molecule has 2 nitrogen and oxygen atoms in total. The molecule has 1 atom stereocenters. The van der Waals surface area contributed by atoms with Crippen molar-refractivity contribution in [1.82, 2.24) is 5.43 Å². The molecule has 0 aliphatic carbocycles. The molecule has 3 N–H and O–H groups in total. The summed E-state index contributed by atoms with van der Waals surface area (Å²) in [5.41, 5.74) is 3.01. The smallest absolute Gasteiger partial charge is 0.143 e. The van der Waals surface area contributed by atoms with E-state index in [4.69, 9.17) is 29.0 Å². The van der Waals surface area contributed by atoms with Crippen molar-refractivity contribution < 1.29 is 8.78 Å². The third-order valence-electron chi connectivity index (χ3n) is 3.11. The first-order chi connectivity index (χ1) is 9.95. The minimum atomic E-state index is -0.659. The number of nitrogens with one attached hydrogen (secondary N) is 1. The van der Waals surface area contributed by atoms with Gasteiger partial charge in [-0.15, -0.1) is 0 Å². The van der Waals surface area contributed by atoms with Crippen molar-refractivity contribution in [1.29, 1.82) is 0 Å². The van der Waals surface area contributed by atoms with Crippen LogP contribution in [0.4, 0.5) is 8.78 Å². The molecule has 0 spiro atoms. The Morgan fingerprint density at radius 1 is 1.19 bits per heavy atom. The zero-order chi connectivity index (χ0) is 15.6. The molecule has 0 heterocycles. The lowest BCUT2D eigenvalue weighted by Crippen LogP contribution is -2.30. The molecule has 0 fully saturated rings. The minimum absolute atomic E-state index is 0.00628. The van der Waals surface area contributed by atoms with Crippen molar-refractivity contribution in [2.45, 2.75) is 12.5 Å².